The first kappa shape index (κ1) is 28.9. The number of carbonyl (C=O) groups excluding carboxylic acids is 5. The molecule has 0 bridgehead atoms. The number of rotatable bonds is 8. The summed E-state index contributed by atoms with van der Waals surface area (Å²) < 4.78 is 0. The number of likely N-dealkylation sites (tertiary alicyclic amines) is 1. The summed E-state index contributed by atoms with van der Waals surface area (Å²) in [6, 6.07) is -3.13. The van der Waals surface area contributed by atoms with Gasteiger partial charge in [-0.1, -0.05) is 53.9 Å². The van der Waals surface area contributed by atoms with Crippen molar-refractivity contribution in [2.45, 2.75) is 105 Å². The van der Waals surface area contributed by atoms with Gasteiger partial charge in [-0.05, 0) is 55.8 Å². The second-order valence-electron chi connectivity index (χ2n) is 13.9. The highest BCUT2D eigenvalue weighted by atomic mass is 16.2. The lowest BCUT2D eigenvalue weighted by atomic mass is 9.80. The number of piperidine rings is 1. The molecule has 1 aliphatic heterocycles. The van der Waals surface area contributed by atoms with E-state index in [1.165, 1.54) is 0 Å². The SMILES string of the molecule is CC(C)(C)NC(=O)NC(C(=O)N1C[C@H]2[C@@H]([C@H]1C(=O)N[C@H](CC1CCC1)C(=O)C(N)=O)C2(C)C)C(C)(C)C. The van der Waals surface area contributed by atoms with E-state index < -0.39 is 52.7 Å². The predicted octanol–water partition coefficient (Wildman–Crippen LogP) is 1.71. The molecule has 0 aromatic rings. The predicted molar refractivity (Wildman–Crippen MR) is 139 cm³/mol. The highest BCUT2D eigenvalue weighted by Gasteiger charge is 2.70. The first-order valence-electron chi connectivity index (χ1n) is 13.4. The van der Waals surface area contributed by atoms with Crippen LogP contribution in [0.25, 0.3) is 0 Å². The average molecular weight is 520 g/mol. The van der Waals surface area contributed by atoms with E-state index in [-0.39, 0.29) is 29.1 Å². The molecular formula is C27H45N5O5. The molecule has 208 valence electrons. The van der Waals surface area contributed by atoms with E-state index in [1.54, 1.807) is 4.90 Å². The summed E-state index contributed by atoms with van der Waals surface area (Å²) in [6.07, 6.45) is 3.31. The number of nitrogens with zero attached hydrogens (tertiary/aromatic N) is 1. The van der Waals surface area contributed by atoms with Crippen LogP contribution in [0.1, 0.15) is 81.1 Å². The standard InChI is InChI=1S/C27H45N5O5/c1-25(2,3)20(30-24(37)31-26(4,5)6)23(36)32-13-15-17(27(15,7)8)18(32)22(35)29-16(19(33)21(28)34)12-14-10-9-11-14/h14-18,20H,9-13H2,1-8H3,(H2,28,34)(H,29,35)(H2,30,31,37)/t15-,16+,17-,18-,20?/m0/s1. The van der Waals surface area contributed by atoms with Gasteiger partial charge in [0.2, 0.25) is 17.6 Å². The number of ketones is 1. The third-order valence-electron chi connectivity index (χ3n) is 8.31. The zero-order valence-corrected chi connectivity index (χ0v) is 23.6. The lowest BCUT2D eigenvalue weighted by Gasteiger charge is -2.38. The molecule has 3 fully saturated rings. The molecule has 2 saturated carbocycles. The highest BCUT2D eigenvalue weighted by molar-refractivity contribution is 6.37. The Balaban J connectivity index is 1.83. The van der Waals surface area contributed by atoms with Crippen molar-refractivity contribution in [3.63, 3.8) is 0 Å². The van der Waals surface area contributed by atoms with Gasteiger partial charge < -0.3 is 26.6 Å². The minimum atomic E-state index is -1.07. The fraction of sp³-hybridized carbons (Fsp3) is 0.815. The number of fused-ring (bicyclic) bond motifs is 1. The molecule has 3 rings (SSSR count). The maximum atomic E-state index is 13.9. The van der Waals surface area contributed by atoms with Crippen LogP contribution in [0.5, 0.6) is 0 Å². The lowest BCUT2D eigenvalue weighted by Crippen LogP contribution is -2.62. The maximum absolute atomic E-state index is 13.9. The Morgan fingerprint density at radius 2 is 1.59 bits per heavy atom. The number of Topliss-reactive ketones (excluding diaryl/α,β-unsaturated/α-hetero) is 1. The van der Waals surface area contributed by atoms with Crippen molar-refractivity contribution in [2.75, 3.05) is 6.54 Å². The Labute approximate surface area is 220 Å². The molecule has 1 saturated heterocycles. The van der Waals surface area contributed by atoms with Crippen molar-refractivity contribution in [3.8, 4) is 0 Å². The summed E-state index contributed by atoms with van der Waals surface area (Å²) in [5, 5.41) is 8.44. The molecular weight excluding hydrogens is 474 g/mol. The normalized spacial score (nSPS) is 26.3. The van der Waals surface area contributed by atoms with Crippen molar-refractivity contribution in [3.05, 3.63) is 0 Å². The summed E-state index contributed by atoms with van der Waals surface area (Å²) in [5.41, 5.74) is 4.04. The van der Waals surface area contributed by atoms with Gasteiger partial charge in [0.1, 0.15) is 12.1 Å². The van der Waals surface area contributed by atoms with Gasteiger partial charge in [0, 0.05) is 12.1 Å². The Bertz CT molecular complexity index is 959. The van der Waals surface area contributed by atoms with E-state index in [2.05, 4.69) is 29.8 Å². The maximum Gasteiger partial charge on any atom is 0.315 e. The topological polar surface area (TPSA) is 151 Å². The van der Waals surface area contributed by atoms with Crippen molar-refractivity contribution >= 4 is 29.5 Å². The number of carbonyl (C=O) groups is 5. The Kier molecular flexibility index (Phi) is 7.74. The summed E-state index contributed by atoms with van der Waals surface area (Å²) in [4.78, 5) is 66.1. The zero-order valence-electron chi connectivity index (χ0n) is 23.6. The Morgan fingerprint density at radius 3 is 2.05 bits per heavy atom. The second-order valence-corrected chi connectivity index (χ2v) is 13.9. The summed E-state index contributed by atoms with van der Waals surface area (Å²) in [5.74, 6) is -2.35. The molecule has 0 radical (unpaired) electrons. The molecule has 2 aliphatic carbocycles. The molecule has 0 spiro atoms. The van der Waals surface area contributed by atoms with Crippen LogP contribution in [0.2, 0.25) is 0 Å². The molecule has 10 nitrogen and oxygen atoms in total. The second kappa shape index (κ2) is 9.91. The lowest BCUT2D eigenvalue weighted by molar-refractivity contribution is -0.145. The van der Waals surface area contributed by atoms with Gasteiger partial charge in [-0.25, -0.2) is 4.79 Å². The summed E-state index contributed by atoms with van der Waals surface area (Å²) in [6.45, 7) is 15.7. The van der Waals surface area contributed by atoms with E-state index in [1.807, 2.05) is 41.5 Å². The third kappa shape index (κ3) is 6.26. The zero-order chi connectivity index (χ0) is 28.1. The Morgan fingerprint density at radius 1 is 1.00 bits per heavy atom. The van der Waals surface area contributed by atoms with E-state index in [4.69, 9.17) is 5.73 Å². The summed E-state index contributed by atoms with van der Waals surface area (Å²) >= 11 is 0. The summed E-state index contributed by atoms with van der Waals surface area (Å²) in [7, 11) is 0. The third-order valence-corrected chi connectivity index (χ3v) is 8.31. The smallest absolute Gasteiger partial charge is 0.315 e. The molecule has 1 heterocycles. The fourth-order valence-corrected chi connectivity index (χ4v) is 5.86. The van der Waals surface area contributed by atoms with Gasteiger partial charge in [-0.2, -0.15) is 0 Å². The highest BCUT2D eigenvalue weighted by Crippen LogP contribution is 2.65. The van der Waals surface area contributed by atoms with E-state index >= 15 is 0 Å². The number of nitrogens with one attached hydrogen (secondary N) is 3. The van der Waals surface area contributed by atoms with Crippen LogP contribution in [0.15, 0.2) is 0 Å². The van der Waals surface area contributed by atoms with Gasteiger partial charge in [-0.3, -0.25) is 19.2 Å². The van der Waals surface area contributed by atoms with Gasteiger partial charge in [0.15, 0.2) is 0 Å². The van der Waals surface area contributed by atoms with Gasteiger partial charge in [0.05, 0.1) is 6.04 Å². The monoisotopic (exact) mass is 519 g/mol. The van der Waals surface area contributed by atoms with Crippen LogP contribution in [-0.4, -0.2) is 64.6 Å². The van der Waals surface area contributed by atoms with Crippen LogP contribution in [-0.2, 0) is 19.2 Å². The van der Waals surface area contributed by atoms with Crippen LogP contribution < -0.4 is 21.7 Å². The fourth-order valence-electron chi connectivity index (χ4n) is 5.86. The number of hydrogen-bond donors (Lipinski definition) is 4. The van der Waals surface area contributed by atoms with E-state index in [9.17, 15) is 24.0 Å². The number of hydrogen-bond acceptors (Lipinski definition) is 5. The number of nitrogens with two attached hydrogens (primary N) is 1. The van der Waals surface area contributed by atoms with Crippen molar-refractivity contribution in [2.24, 2.45) is 34.3 Å². The first-order chi connectivity index (χ1) is 16.8. The quantitative estimate of drug-likeness (QED) is 0.360. The van der Waals surface area contributed by atoms with Crippen LogP contribution in [0.3, 0.4) is 0 Å². The number of primary amides is 1. The number of amides is 5. The molecule has 5 amide bonds. The molecule has 0 aromatic carbocycles. The molecule has 10 heteroatoms. The van der Waals surface area contributed by atoms with E-state index in [0.717, 1.165) is 19.3 Å². The molecule has 5 atom stereocenters. The molecule has 5 N–H and O–H groups in total. The minimum Gasteiger partial charge on any atom is -0.363 e. The first-order valence-corrected chi connectivity index (χ1v) is 13.4. The largest absolute Gasteiger partial charge is 0.363 e. The van der Waals surface area contributed by atoms with Gasteiger partial charge >= 0.3 is 6.03 Å². The molecule has 3 aliphatic rings. The van der Waals surface area contributed by atoms with Gasteiger partial charge in [-0.15, -0.1) is 0 Å². The van der Waals surface area contributed by atoms with E-state index in [0.29, 0.717) is 13.0 Å². The van der Waals surface area contributed by atoms with Crippen molar-refractivity contribution < 1.29 is 24.0 Å². The minimum absolute atomic E-state index is 0.0755. The van der Waals surface area contributed by atoms with Crippen molar-refractivity contribution in [1.82, 2.24) is 20.9 Å². The molecule has 1 unspecified atom stereocenters. The van der Waals surface area contributed by atoms with Crippen molar-refractivity contribution in [1.29, 1.82) is 0 Å². The average Bonchev–Trinajstić information content (AvgIpc) is 3.06. The molecule has 0 aromatic heterocycles. The van der Waals surface area contributed by atoms with Crippen LogP contribution in [0.4, 0.5) is 4.79 Å². The Hall–Kier alpha value is -2.65. The van der Waals surface area contributed by atoms with Crippen LogP contribution >= 0.6 is 0 Å². The van der Waals surface area contributed by atoms with Crippen LogP contribution in [0, 0.1) is 28.6 Å². The molecule has 37 heavy (non-hydrogen) atoms. The number of urea groups is 1. The van der Waals surface area contributed by atoms with Gasteiger partial charge in [0.25, 0.3) is 5.91 Å².